The first-order chi connectivity index (χ1) is 16.0. The van der Waals surface area contributed by atoms with Crippen molar-refractivity contribution in [3.05, 3.63) is 71.5 Å². The lowest BCUT2D eigenvalue weighted by Crippen LogP contribution is -2.42. The molecule has 2 atom stereocenters. The third kappa shape index (κ3) is 4.10. The summed E-state index contributed by atoms with van der Waals surface area (Å²) in [5.41, 5.74) is 2.42. The van der Waals surface area contributed by atoms with Gasteiger partial charge in [-0.15, -0.1) is 0 Å². The van der Waals surface area contributed by atoms with Crippen LogP contribution in [0.3, 0.4) is 0 Å². The maximum absolute atomic E-state index is 13.6. The molecule has 3 aromatic rings. The Bertz CT molecular complexity index is 1160. The van der Waals surface area contributed by atoms with Crippen molar-refractivity contribution in [3.8, 4) is 0 Å². The number of hydrogen-bond acceptors (Lipinski definition) is 6. The summed E-state index contributed by atoms with van der Waals surface area (Å²) in [7, 11) is 0. The number of furan rings is 1. The predicted molar refractivity (Wildman–Crippen MR) is 122 cm³/mol. The Hall–Kier alpha value is -3.29. The van der Waals surface area contributed by atoms with Gasteiger partial charge in [0, 0.05) is 31.6 Å². The summed E-state index contributed by atoms with van der Waals surface area (Å²) in [5.74, 6) is -2.76. The van der Waals surface area contributed by atoms with Gasteiger partial charge in [-0.25, -0.2) is 0 Å². The third-order valence-corrected chi connectivity index (χ3v) is 6.54. The van der Waals surface area contributed by atoms with Crippen LogP contribution in [0.4, 0.5) is 0 Å². The molecule has 0 aliphatic carbocycles. The molecule has 7 nitrogen and oxygen atoms in total. The van der Waals surface area contributed by atoms with E-state index in [1.54, 1.807) is 17.0 Å². The van der Waals surface area contributed by atoms with Crippen molar-refractivity contribution >= 4 is 28.4 Å². The van der Waals surface area contributed by atoms with E-state index in [2.05, 4.69) is 4.90 Å². The Morgan fingerprint density at radius 1 is 1.00 bits per heavy atom. The summed E-state index contributed by atoms with van der Waals surface area (Å²) in [4.78, 5) is 43.6. The summed E-state index contributed by atoms with van der Waals surface area (Å²) >= 11 is 0. The van der Waals surface area contributed by atoms with E-state index in [0.29, 0.717) is 31.9 Å². The van der Waals surface area contributed by atoms with Gasteiger partial charge in [0.1, 0.15) is 11.5 Å². The number of para-hydroxylation sites is 1. The maximum atomic E-state index is 13.6. The number of ether oxygens (including phenoxy) is 1. The number of aryl methyl sites for hydroxylation is 1. The van der Waals surface area contributed by atoms with E-state index in [4.69, 9.17) is 9.15 Å². The summed E-state index contributed by atoms with van der Waals surface area (Å²) < 4.78 is 11.2. The molecular weight excluding hydrogens is 420 g/mol. The van der Waals surface area contributed by atoms with E-state index >= 15 is 0 Å². The number of morpholine rings is 1. The summed E-state index contributed by atoms with van der Waals surface area (Å²) in [6.45, 7) is 5.84. The fourth-order valence-electron chi connectivity index (χ4n) is 4.69. The van der Waals surface area contributed by atoms with E-state index in [0.717, 1.165) is 29.6 Å². The molecular formula is C26H26N2O5. The van der Waals surface area contributed by atoms with Crippen molar-refractivity contribution in [2.75, 3.05) is 39.4 Å². The van der Waals surface area contributed by atoms with Crippen molar-refractivity contribution in [3.63, 3.8) is 0 Å². The summed E-state index contributed by atoms with van der Waals surface area (Å²) in [5, 5.41) is 0.786. The number of likely N-dealkylation sites (tertiary alicyclic amines) is 1. The third-order valence-electron chi connectivity index (χ3n) is 6.54. The molecule has 2 unspecified atom stereocenters. The fourth-order valence-corrected chi connectivity index (χ4v) is 4.69. The fraction of sp³-hybridized carbons (Fsp3) is 0.346. The molecule has 5 rings (SSSR count). The highest BCUT2D eigenvalue weighted by atomic mass is 16.5. The zero-order chi connectivity index (χ0) is 22.9. The molecule has 0 radical (unpaired) electrons. The second-order valence-corrected chi connectivity index (χ2v) is 8.66. The van der Waals surface area contributed by atoms with Crippen LogP contribution < -0.4 is 0 Å². The SMILES string of the molecule is Cc1ccc(C2C(C(=O)c3cc4ccccc4o3)C(=O)C(=O)N2CCN2CCOCC2)cc1. The van der Waals surface area contributed by atoms with Crippen LogP contribution >= 0.6 is 0 Å². The maximum Gasteiger partial charge on any atom is 0.291 e. The second-order valence-electron chi connectivity index (χ2n) is 8.66. The average Bonchev–Trinajstić information content (AvgIpc) is 3.38. The highest BCUT2D eigenvalue weighted by molar-refractivity contribution is 6.43. The van der Waals surface area contributed by atoms with Gasteiger partial charge in [0.05, 0.1) is 19.3 Å². The molecule has 0 N–H and O–H groups in total. The Labute approximate surface area is 191 Å². The van der Waals surface area contributed by atoms with Gasteiger partial charge in [-0.1, -0.05) is 48.0 Å². The minimum Gasteiger partial charge on any atom is -0.453 e. The van der Waals surface area contributed by atoms with Crippen LogP contribution in [0, 0.1) is 12.8 Å². The first-order valence-electron chi connectivity index (χ1n) is 11.3. The van der Waals surface area contributed by atoms with E-state index < -0.39 is 29.4 Å². The number of carbonyl (C=O) groups excluding carboxylic acids is 3. The van der Waals surface area contributed by atoms with Crippen molar-refractivity contribution in [1.82, 2.24) is 9.80 Å². The lowest BCUT2D eigenvalue weighted by atomic mass is 9.88. The molecule has 2 saturated heterocycles. The smallest absolute Gasteiger partial charge is 0.291 e. The van der Waals surface area contributed by atoms with Crippen molar-refractivity contribution < 1.29 is 23.5 Å². The Morgan fingerprint density at radius 2 is 1.73 bits per heavy atom. The highest BCUT2D eigenvalue weighted by Gasteiger charge is 2.52. The molecule has 1 aromatic heterocycles. The van der Waals surface area contributed by atoms with Gasteiger partial charge in [0.15, 0.2) is 5.76 Å². The van der Waals surface area contributed by atoms with Crippen molar-refractivity contribution in [1.29, 1.82) is 0 Å². The molecule has 2 fully saturated rings. The number of hydrogen-bond donors (Lipinski definition) is 0. The van der Waals surface area contributed by atoms with Gasteiger partial charge >= 0.3 is 0 Å². The Morgan fingerprint density at radius 3 is 2.45 bits per heavy atom. The van der Waals surface area contributed by atoms with Crippen LogP contribution in [0.2, 0.25) is 0 Å². The number of Topliss-reactive ketones (excluding diaryl/α,β-unsaturated/α-hetero) is 2. The average molecular weight is 447 g/mol. The monoisotopic (exact) mass is 446 g/mol. The van der Waals surface area contributed by atoms with Crippen LogP contribution in [-0.2, 0) is 14.3 Å². The summed E-state index contributed by atoms with van der Waals surface area (Å²) in [6.07, 6.45) is 0. The largest absolute Gasteiger partial charge is 0.453 e. The normalized spacial score (nSPS) is 21.8. The first kappa shape index (κ1) is 21.6. The molecule has 0 spiro atoms. The van der Waals surface area contributed by atoms with Gasteiger partial charge in [-0.3, -0.25) is 19.3 Å². The Balaban J connectivity index is 1.48. The molecule has 2 aliphatic rings. The van der Waals surface area contributed by atoms with Crippen LogP contribution in [0.1, 0.15) is 27.7 Å². The molecule has 33 heavy (non-hydrogen) atoms. The van der Waals surface area contributed by atoms with Crippen molar-refractivity contribution in [2.24, 2.45) is 5.92 Å². The molecule has 170 valence electrons. The number of nitrogens with zero attached hydrogens (tertiary/aromatic N) is 2. The van der Waals surface area contributed by atoms with Crippen molar-refractivity contribution in [2.45, 2.75) is 13.0 Å². The number of ketones is 2. The zero-order valence-electron chi connectivity index (χ0n) is 18.5. The number of fused-ring (bicyclic) bond motifs is 1. The molecule has 0 bridgehead atoms. The standard InChI is InChI=1S/C26H26N2O5/c1-17-6-8-18(9-7-17)23-22(24(29)21-16-19-4-2-3-5-20(19)33-21)25(30)26(31)28(23)11-10-27-12-14-32-15-13-27/h2-9,16,22-23H,10-15H2,1H3. The lowest BCUT2D eigenvalue weighted by molar-refractivity contribution is -0.141. The van der Waals surface area contributed by atoms with Crippen LogP contribution in [0.25, 0.3) is 11.0 Å². The molecule has 7 heteroatoms. The zero-order valence-corrected chi connectivity index (χ0v) is 18.5. The number of benzene rings is 2. The quantitative estimate of drug-likeness (QED) is 0.329. The van der Waals surface area contributed by atoms with Gasteiger partial charge < -0.3 is 14.1 Å². The predicted octanol–water partition coefficient (Wildman–Crippen LogP) is 3.02. The minimum absolute atomic E-state index is 0.106. The topological polar surface area (TPSA) is 80.1 Å². The number of amides is 1. The van der Waals surface area contributed by atoms with E-state index in [1.807, 2.05) is 49.4 Å². The lowest BCUT2D eigenvalue weighted by Gasteiger charge is -2.31. The second kappa shape index (κ2) is 8.92. The number of rotatable bonds is 6. The van der Waals surface area contributed by atoms with Crippen LogP contribution in [0.15, 0.2) is 59.0 Å². The molecule has 1 amide bonds. The molecule has 3 heterocycles. The van der Waals surface area contributed by atoms with Gasteiger partial charge in [-0.2, -0.15) is 0 Å². The first-order valence-corrected chi connectivity index (χ1v) is 11.3. The van der Waals surface area contributed by atoms with E-state index in [9.17, 15) is 14.4 Å². The highest BCUT2D eigenvalue weighted by Crippen LogP contribution is 2.39. The van der Waals surface area contributed by atoms with E-state index in [1.165, 1.54) is 0 Å². The van der Waals surface area contributed by atoms with Gasteiger partial charge in [0.2, 0.25) is 11.6 Å². The van der Waals surface area contributed by atoms with Gasteiger partial charge in [-0.05, 0) is 24.6 Å². The van der Waals surface area contributed by atoms with Gasteiger partial charge in [0.25, 0.3) is 5.91 Å². The molecule has 2 aromatic carbocycles. The molecule has 2 aliphatic heterocycles. The van der Waals surface area contributed by atoms with E-state index in [-0.39, 0.29) is 5.76 Å². The Kier molecular flexibility index (Phi) is 5.83. The minimum atomic E-state index is -1.13. The van der Waals surface area contributed by atoms with Crippen LogP contribution in [-0.4, -0.2) is 66.7 Å². The number of carbonyl (C=O) groups is 3. The molecule has 0 saturated carbocycles. The summed E-state index contributed by atoms with van der Waals surface area (Å²) in [6, 6.07) is 16.0. The van der Waals surface area contributed by atoms with Crippen LogP contribution in [0.5, 0.6) is 0 Å².